The van der Waals surface area contributed by atoms with E-state index >= 15 is 0 Å². The molecule has 0 aliphatic carbocycles. The van der Waals surface area contributed by atoms with Crippen LogP contribution in [0.3, 0.4) is 0 Å². The Labute approximate surface area is 429 Å². The molecule has 0 saturated carbocycles. The maximum Gasteiger partial charge on any atom is 0.127 e. The molecule has 0 N–H and O–H groups in total. The van der Waals surface area contributed by atoms with E-state index in [-0.39, 0.29) is 180 Å². The highest BCUT2D eigenvalue weighted by Crippen LogP contribution is 2.44. The van der Waals surface area contributed by atoms with Gasteiger partial charge in [0.05, 0.1) is 0 Å². The SMILES string of the molecule is [B]c1c([B])c([B])c2c(oc3c([B])c([B])c(-c4c5c([B])c([B])c([B])c([B])c5c(-c5ccc(-c6c([B])c([B])c([B])c7c([B])c([B])c([B])c([B])c67)c6ccccc56)c5c([B])c([B])c([B])c([B])c45)c([B])c32)c1[B]. The molecular formula is C46H6B22O. The molecule has 1 heterocycles. The lowest BCUT2D eigenvalue weighted by Crippen LogP contribution is -2.52. The summed E-state index contributed by atoms with van der Waals surface area (Å²) in [6.45, 7) is 0. The van der Waals surface area contributed by atoms with Gasteiger partial charge in [0.25, 0.3) is 0 Å². The van der Waals surface area contributed by atoms with E-state index in [0.717, 1.165) is 0 Å². The molecule has 1 nitrogen and oxygen atoms in total. The highest BCUT2D eigenvalue weighted by Gasteiger charge is 2.30. The van der Waals surface area contributed by atoms with Gasteiger partial charge in [-0.15, -0.1) is 49.2 Å². The Morgan fingerprint density at radius 2 is 0.478 bits per heavy atom. The Kier molecular flexibility index (Phi) is 11.4. The molecule has 0 aliphatic heterocycles. The first kappa shape index (κ1) is 47.9. The van der Waals surface area contributed by atoms with Crippen LogP contribution in [0.2, 0.25) is 0 Å². The minimum absolute atomic E-state index is 0.00868. The van der Waals surface area contributed by atoms with Crippen LogP contribution in [-0.2, 0) is 0 Å². The van der Waals surface area contributed by atoms with Gasteiger partial charge in [-0.1, -0.05) is 107 Å². The van der Waals surface area contributed by atoms with Crippen LogP contribution in [0.4, 0.5) is 0 Å². The third-order valence-electron chi connectivity index (χ3n) is 13.7. The lowest BCUT2D eigenvalue weighted by molar-refractivity contribution is 0.675. The van der Waals surface area contributed by atoms with Crippen molar-refractivity contribution in [3.63, 3.8) is 0 Å². The van der Waals surface area contributed by atoms with Crippen molar-refractivity contribution in [3.05, 3.63) is 36.4 Å². The standard InChI is InChI=1S/C46H6B22O/c47-23-19(32(56)43(67)45-21(23)22-33(57)41(65)42(66)44(68)46(22)69-45)13-17-14(25(49)35(59)38(62)28(17)52)11(15-18(13)29(53)39(63)36(60)26(15)50)9-5-6-10(8-4-2-1-3-7(8)9)12-16-20(30(54)34(58)24(12)48)31(55)40(64)37(61)27(16)51/h1-6H. The molecule has 0 bridgehead atoms. The molecule has 0 aliphatic rings. The molecule has 262 valence electrons. The van der Waals surface area contributed by atoms with Crippen molar-refractivity contribution in [1.29, 1.82) is 0 Å². The van der Waals surface area contributed by atoms with E-state index in [2.05, 4.69) is 0 Å². The van der Waals surface area contributed by atoms with Crippen LogP contribution in [-0.4, -0.2) is 173 Å². The Hall–Kier alpha value is -4.75. The van der Waals surface area contributed by atoms with Crippen molar-refractivity contribution in [2.75, 3.05) is 0 Å². The van der Waals surface area contributed by atoms with Crippen LogP contribution in [0, 0.1) is 0 Å². The Morgan fingerprint density at radius 1 is 0.203 bits per heavy atom. The van der Waals surface area contributed by atoms with Gasteiger partial charge in [-0.3, -0.25) is 0 Å². The fourth-order valence-electron chi connectivity index (χ4n) is 10.1. The molecular weight excluding hydrogens is 806 g/mol. The van der Waals surface area contributed by atoms with Crippen molar-refractivity contribution in [1.82, 2.24) is 0 Å². The smallest absolute Gasteiger partial charge is 0.127 e. The van der Waals surface area contributed by atoms with Crippen molar-refractivity contribution < 1.29 is 4.42 Å². The first-order valence-corrected chi connectivity index (χ1v) is 20.7. The van der Waals surface area contributed by atoms with E-state index in [4.69, 9.17) is 177 Å². The highest BCUT2D eigenvalue weighted by atomic mass is 16.3. The maximum absolute atomic E-state index is 7.26. The summed E-state index contributed by atoms with van der Waals surface area (Å²) in [6, 6.07) is 10.9. The fraction of sp³-hybridized carbons (Fsp3) is 0. The summed E-state index contributed by atoms with van der Waals surface area (Å²) >= 11 is 0. The van der Waals surface area contributed by atoms with Crippen molar-refractivity contribution >= 4 is 358 Å². The van der Waals surface area contributed by atoms with Gasteiger partial charge in [-0.25, -0.2) is 0 Å². The van der Waals surface area contributed by atoms with E-state index in [0.29, 0.717) is 38.4 Å². The lowest BCUT2D eigenvalue weighted by Gasteiger charge is -2.31. The molecule has 0 amide bonds. The van der Waals surface area contributed by atoms with E-state index in [9.17, 15) is 0 Å². The second-order valence-corrected chi connectivity index (χ2v) is 17.1. The second-order valence-electron chi connectivity index (χ2n) is 17.1. The Bertz CT molecular complexity index is 4010. The van der Waals surface area contributed by atoms with Crippen LogP contribution in [0.15, 0.2) is 40.8 Å². The maximum atomic E-state index is 7.26. The van der Waals surface area contributed by atoms with Gasteiger partial charge in [-0.2, -0.15) is 0 Å². The number of fused-ring (bicyclic) bond motifs is 7. The first-order valence-electron chi connectivity index (χ1n) is 20.7. The molecule has 1 aromatic heterocycles. The van der Waals surface area contributed by atoms with Gasteiger partial charge >= 0.3 is 0 Å². The summed E-state index contributed by atoms with van der Waals surface area (Å²) in [5.74, 6) is 0. The molecule has 0 unspecified atom stereocenters. The van der Waals surface area contributed by atoms with Gasteiger partial charge in [0, 0.05) is 10.8 Å². The normalized spacial score (nSPS) is 11.9. The average molecular weight is 812 g/mol. The molecule has 9 aromatic carbocycles. The van der Waals surface area contributed by atoms with Gasteiger partial charge < -0.3 is 4.42 Å². The monoisotopic (exact) mass is 816 g/mol. The molecule has 10 aromatic rings. The average Bonchev–Trinajstić information content (AvgIpc) is 3.75. The minimum Gasteiger partial charge on any atom is -0.457 e. The van der Waals surface area contributed by atoms with E-state index in [1.165, 1.54) is 0 Å². The summed E-state index contributed by atoms with van der Waals surface area (Å²) in [7, 11) is 148. The molecule has 69 heavy (non-hydrogen) atoms. The molecule has 0 spiro atoms. The van der Waals surface area contributed by atoms with Crippen molar-refractivity contribution in [2.24, 2.45) is 0 Å². The predicted molar refractivity (Wildman–Crippen MR) is 319 cm³/mol. The number of hydrogen-bond donors (Lipinski definition) is 0. The van der Waals surface area contributed by atoms with Gasteiger partial charge in [0.15, 0.2) is 0 Å². The van der Waals surface area contributed by atoms with E-state index < -0.39 is 0 Å². The lowest BCUT2D eigenvalue weighted by atomic mass is 9.58. The van der Waals surface area contributed by atoms with Crippen LogP contribution in [0.1, 0.15) is 0 Å². The third-order valence-corrected chi connectivity index (χ3v) is 13.7. The Morgan fingerprint density at radius 3 is 0.899 bits per heavy atom. The zero-order chi connectivity index (χ0) is 50.0. The topological polar surface area (TPSA) is 13.1 Å². The van der Waals surface area contributed by atoms with Crippen molar-refractivity contribution in [2.45, 2.75) is 0 Å². The zero-order valence-electron chi connectivity index (χ0n) is 36.6. The van der Waals surface area contributed by atoms with Crippen LogP contribution >= 0.6 is 0 Å². The summed E-state index contributed by atoms with van der Waals surface area (Å²) in [4.78, 5) is 0. The second kappa shape index (κ2) is 16.4. The molecule has 0 atom stereocenters. The van der Waals surface area contributed by atoms with E-state index in [1.54, 1.807) is 12.1 Å². The summed E-state index contributed by atoms with van der Waals surface area (Å²) in [5.41, 5.74) is 1.81. The molecule has 23 heteroatoms. The highest BCUT2D eigenvalue weighted by molar-refractivity contribution is 6.75. The third kappa shape index (κ3) is 6.22. The Balaban J connectivity index is 1.45. The largest absolute Gasteiger partial charge is 0.457 e. The zero-order valence-corrected chi connectivity index (χ0v) is 36.6. The number of hydrogen-bond acceptors (Lipinski definition) is 1. The number of rotatable bonds is 3. The number of benzene rings is 9. The van der Waals surface area contributed by atoms with Gasteiger partial charge in [-0.05, 0) is 76.5 Å². The van der Waals surface area contributed by atoms with Crippen LogP contribution in [0.5, 0.6) is 0 Å². The summed E-state index contributed by atoms with van der Waals surface area (Å²) < 4.78 is 6.21. The molecule has 10 rings (SSSR count). The van der Waals surface area contributed by atoms with E-state index in [1.807, 2.05) is 24.3 Å². The minimum atomic E-state index is -0.0982. The first-order chi connectivity index (χ1) is 32.5. The summed E-state index contributed by atoms with van der Waals surface area (Å²) in [5, 5.41) is 2.98. The number of furan rings is 1. The van der Waals surface area contributed by atoms with Crippen LogP contribution in [0.25, 0.3) is 98.4 Å². The molecule has 0 saturated heterocycles. The van der Waals surface area contributed by atoms with Crippen molar-refractivity contribution in [3.8, 4) is 33.4 Å². The predicted octanol–water partition coefficient (Wildman–Crippen LogP) is -13.3. The quantitative estimate of drug-likeness (QED) is 0.128. The fourth-order valence-corrected chi connectivity index (χ4v) is 10.1. The van der Waals surface area contributed by atoms with Gasteiger partial charge in [0.2, 0.25) is 0 Å². The van der Waals surface area contributed by atoms with Gasteiger partial charge in [0.1, 0.15) is 184 Å². The summed E-state index contributed by atoms with van der Waals surface area (Å²) in [6.07, 6.45) is 0. The van der Waals surface area contributed by atoms with Crippen LogP contribution < -0.4 is 120 Å². The molecule has 0 fully saturated rings. The molecule has 44 radical (unpaired) electrons.